The molecule has 2 heteroatoms. The highest BCUT2D eigenvalue weighted by molar-refractivity contribution is 5.84. The Morgan fingerprint density at radius 3 is 2.86 bits per heavy atom. The predicted molar refractivity (Wildman–Crippen MR) is 56.8 cm³/mol. The lowest BCUT2D eigenvalue weighted by Gasteiger charge is -2.09. The Kier molecular flexibility index (Phi) is 2.12. The molecule has 1 aliphatic heterocycles. The van der Waals surface area contributed by atoms with E-state index in [0.29, 0.717) is 6.42 Å². The summed E-state index contributed by atoms with van der Waals surface area (Å²) in [5.41, 5.74) is 4.76. The van der Waals surface area contributed by atoms with Gasteiger partial charge in [0.2, 0.25) is 5.91 Å². The minimum atomic E-state index is 0.0636. The minimum absolute atomic E-state index is 0.0636. The summed E-state index contributed by atoms with van der Waals surface area (Å²) in [6.45, 7) is 4.14. The van der Waals surface area contributed by atoms with Crippen molar-refractivity contribution in [1.29, 1.82) is 0 Å². The number of hydrogen-bond acceptors (Lipinski definition) is 1. The zero-order valence-electron chi connectivity index (χ0n) is 8.42. The summed E-state index contributed by atoms with van der Waals surface area (Å²) in [7, 11) is 0. The molecule has 1 aromatic rings. The first kappa shape index (κ1) is 9.00. The lowest BCUT2D eigenvalue weighted by atomic mass is 9.95. The van der Waals surface area contributed by atoms with Gasteiger partial charge in [0.15, 0.2) is 0 Å². The molecule has 2 rings (SSSR count). The molecule has 0 saturated heterocycles. The van der Waals surface area contributed by atoms with E-state index in [9.17, 15) is 4.79 Å². The van der Waals surface area contributed by atoms with Crippen LogP contribution in [0.3, 0.4) is 0 Å². The SMILES string of the molecule is Cc1ccc2c(c1C)CC(=O)NC=C2. The quantitative estimate of drug-likeness (QED) is 0.660. The second-order valence-corrected chi connectivity index (χ2v) is 3.65. The molecular formula is C12H13NO. The molecule has 0 unspecified atom stereocenters. The van der Waals surface area contributed by atoms with Gasteiger partial charge in [-0.3, -0.25) is 4.79 Å². The summed E-state index contributed by atoms with van der Waals surface area (Å²) in [4.78, 5) is 11.3. The van der Waals surface area contributed by atoms with Crippen LogP contribution in [0.4, 0.5) is 0 Å². The molecule has 0 atom stereocenters. The van der Waals surface area contributed by atoms with Crippen LogP contribution in [0.1, 0.15) is 22.3 Å². The van der Waals surface area contributed by atoms with Gasteiger partial charge in [-0.15, -0.1) is 0 Å². The third-order valence-corrected chi connectivity index (χ3v) is 2.75. The summed E-state index contributed by atoms with van der Waals surface area (Å²) in [6, 6.07) is 4.16. The Morgan fingerprint density at radius 2 is 2.07 bits per heavy atom. The number of aryl methyl sites for hydroxylation is 1. The fourth-order valence-corrected chi connectivity index (χ4v) is 1.72. The molecule has 0 saturated carbocycles. The van der Waals surface area contributed by atoms with E-state index in [4.69, 9.17) is 0 Å². The first-order valence-electron chi connectivity index (χ1n) is 4.73. The van der Waals surface area contributed by atoms with E-state index in [0.717, 1.165) is 11.1 Å². The first-order chi connectivity index (χ1) is 6.68. The van der Waals surface area contributed by atoms with Crippen molar-refractivity contribution in [3.63, 3.8) is 0 Å². The van der Waals surface area contributed by atoms with Gasteiger partial charge in [-0.1, -0.05) is 12.1 Å². The van der Waals surface area contributed by atoms with Crippen LogP contribution in [0, 0.1) is 13.8 Å². The van der Waals surface area contributed by atoms with E-state index in [-0.39, 0.29) is 5.91 Å². The summed E-state index contributed by atoms with van der Waals surface area (Å²) in [5, 5.41) is 2.72. The normalized spacial score (nSPS) is 14.6. The zero-order valence-corrected chi connectivity index (χ0v) is 8.42. The fraction of sp³-hybridized carbons (Fsp3) is 0.250. The molecule has 0 spiro atoms. The van der Waals surface area contributed by atoms with Gasteiger partial charge in [0, 0.05) is 6.20 Å². The molecule has 0 aliphatic carbocycles. The van der Waals surface area contributed by atoms with Crippen molar-refractivity contribution in [1.82, 2.24) is 5.32 Å². The summed E-state index contributed by atoms with van der Waals surface area (Å²) in [6.07, 6.45) is 4.14. The Bertz CT molecular complexity index is 419. The number of nitrogens with one attached hydrogen (secondary N) is 1. The largest absolute Gasteiger partial charge is 0.332 e. The lowest BCUT2D eigenvalue weighted by Crippen LogP contribution is -2.18. The maximum Gasteiger partial charge on any atom is 0.228 e. The summed E-state index contributed by atoms with van der Waals surface area (Å²) in [5.74, 6) is 0.0636. The molecule has 0 aromatic heterocycles. The molecule has 1 heterocycles. The molecule has 0 fully saturated rings. The Balaban J connectivity index is 2.60. The van der Waals surface area contributed by atoms with Crippen LogP contribution >= 0.6 is 0 Å². The molecule has 1 amide bonds. The van der Waals surface area contributed by atoms with Crippen molar-refractivity contribution in [2.24, 2.45) is 0 Å². The van der Waals surface area contributed by atoms with Crippen molar-refractivity contribution >= 4 is 12.0 Å². The number of benzene rings is 1. The fourth-order valence-electron chi connectivity index (χ4n) is 1.72. The molecule has 1 aliphatic rings. The Labute approximate surface area is 83.6 Å². The van der Waals surface area contributed by atoms with Gasteiger partial charge in [0.25, 0.3) is 0 Å². The number of hydrogen-bond donors (Lipinski definition) is 1. The van der Waals surface area contributed by atoms with E-state index in [1.165, 1.54) is 11.1 Å². The van der Waals surface area contributed by atoms with Crippen molar-refractivity contribution in [3.8, 4) is 0 Å². The predicted octanol–water partition coefficient (Wildman–Crippen LogP) is 1.95. The van der Waals surface area contributed by atoms with Crippen molar-refractivity contribution in [3.05, 3.63) is 40.6 Å². The molecule has 14 heavy (non-hydrogen) atoms. The zero-order chi connectivity index (χ0) is 10.1. The summed E-state index contributed by atoms with van der Waals surface area (Å²) < 4.78 is 0. The van der Waals surface area contributed by atoms with Crippen LogP contribution in [0.5, 0.6) is 0 Å². The van der Waals surface area contributed by atoms with Gasteiger partial charge in [-0.05, 0) is 42.2 Å². The van der Waals surface area contributed by atoms with Gasteiger partial charge < -0.3 is 5.32 Å². The van der Waals surface area contributed by atoms with Crippen LogP contribution in [-0.4, -0.2) is 5.91 Å². The van der Waals surface area contributed by atoms with E-state index in [1.54, 1.807) is 6.20 Å². The smallest absolute Gasteiger partial charge is 0.228 e. The Hall–Kier alpha value is -1.57. The van der Waals surface area contributed by atoms with Crippen molar-refractivity contribution in [2.45, 2.75) is 20.3 Å². The molecular weight excluding hydrogens is 174 g/mol. The standard InChI is InChI=1S/C12H13NO/c1-8-3-4-10-5-6-13-12(14)7-11(10)9(8)2/h3-6H,7H2,1-2H3,(H,13,14). The van der Waals surface area contributed by atoms with E-state index >= 15 is 0 Å². The number of carbonyl (C=O) groups excluding carboxylic acids is 1. The van der Waals surface area contributed by atoms with Gasteiger partial charge >= 0.3 is 0 Å². The average molecular weight is 187 g/mol. The molecule has 0 radical (unpaired) electrons. The third-order valence-electron chi connectivity index (χ3n) is 2.75. The maximum absolute atomic E-state index is 11.3. The summed E-state index contributed by atoms with van der Waals surface area (Å²) >= 11 is 0. The van der Waals surface area contributed by atoms with Gasteiger partial charge in [0.1, 0.15) is 0 Å². The monoisotopic (exact) mass is 187 g/mol. The third kappa shape index (κ3) is 1.43. The molecule has 72 valence electrons. The van der Waals surface area contributed by atoms with E-state index in [1.807, 2.05) is 6.08 Å². The lowest BCUT2D eigenvalue weighted by molar-refractivity contribution is -0.119. The van der Waals surface area contributed by atoms with Crippen molar-refractivity contribution in [2.75, 3.05) is 0 Å². The average Bonchev–Trinajstić information content (AvgIpc) is 2.34. The number of carbonyl (C=O) groups is 1. The second kappa shape index (κ2) is 3.29. The Morgan fingerprint density at radius 1 is 1.29 bits per heavy atom. The van der Waals surface area contributed by atoms with Gasteiger partial charge in [-0.25, -0.2) is 0 Å². The van der Waals surface area contributed by atoms with Crippen LogP contribution in [0.15, 0.2) is 18.3 Å². The highest BCUT2D eigenvalue weighted by atomic mass is 16.1. The van der Waals surface area contributed by atoms with E-state index in [2.05, 4.69) is 31.3 Å². The number of fused-ring (bicyclic) bond motifs is 1. The highest BCUT2D eigenvalue weighted by Crippen LogP contribution is 2.21. The molecule has 1 aromatic carbocycles. The number of rotatable bonds is 0. The van der Waals surface area contributed by atoms with Crippen LogP contribution in [0.2, 0.25) is 0 Å². The number of amides is 1. The second-order valence-electron chi connectivity index (χ2n) is 3.65. The highest BCUT2D eigenvalue weighted by Gasteiger charge is 2.12. The minimum Gasteiger partial charge on any atom is -0.332 e. The van der Waals surface area contributed by atoms with E-state index < -0.39 is 0 Å². The van der Waals surface area contributed by atoms with Crippen LogP contribution in [0.25, 0.3) is 6.08 Å². The maximum atomic E-state index is 11.3. The van der Waals surface area contributed by atoms with Gasteiger partial charge in [-0.2, -0.15) is 0 Å². The first-order valence-corrected chi connectivity index (χ1v) is 4.73. The van der Waals surface area contributed by atoms with Crippen LogP contribution < -0.4 is 5.32 Å². The van der Waals surface area contributed by atoms with Crippen LogP contribution in [-0.2, 0) is 11.2 Å². The van der Waals surface area contributed by atoms with Gasteiger partial charge in [0.05, 0.1) is 6.42 Å². The topological polar surface area (TPSA) is 29.1 Å². The molecule has 1 N–H and O–H groups in total. The molecule has 0 bridgehead atoms. The molecule has 2 nitrogen and oxygen atoms in total. The van der Waals surface area contributed by atoms with Crippen molar-refractivity contribution < 1.29 is 4.79 Å².